The number of esters is 1. The zero-order chi connectivity index (χ0) is 15.1. The number of fused-ring (bicyclic) bond motifs is 10. The molecule has 4 heteroatoms. The van der Waals surface area contributed by atoms with Gasteiger partial charge in [0.15, 0.2) is 12.4 Å². The first-order chi connectivity index (χ1) is 11.3. The highest BCUT2D eigenvalue weighted by molar-refractivity contribution is 5.74. The Morgan fingerprint density at radius 1 is 1.04 bits per heavy atom. The van der Waals surface area contributed by atoms with Gasteiger partial charge < -0.3 is 14.2 Å². The van der Waals surface area contributed by atoms with Crippen molar-refractivity contribution in [2.75, 3.05) is 6.61 Å². The topological polar surface area (TPSA) is 44.8 Å². The van der Waals surface area contributed by atoms with Crippen LogP contribution in [0, 0.1) is 41.4 Å². The largest absolute Gasteiger partial charge is 0.456 e. The van der Waals surface area contributed by atoms with Crippen LogP contribution in [0.4, 0.5) is 0 Å². The Balaban J connectivity index is 1.25. The van der Waals surface area contributed by atoms with Crippen LogP contribution < -0.4 is 0 Å². The van der Waals surface area contributed by atoms with Crippen molar-refractivity contribution < 1.29 is 19.0 Å². The second-order valence-electron chi connectivity index (χ2n) is 8.65. The van der Waals surface area contributed by atoms with Gasteiger partial charge in [0.1, 0.15) is 0 Å². The van der Waals surface area contributed by atoms with Gasteiger partial charge in [0.25, 0.3) is 0 Å². The molecule has 6 rings (SSSR count). The molecule has 0 radical (unpaired) electrons. The van der Waals surface area contributed by atoms with Crippen LogP contribution in [0.25, 0.3) is 0 Å². The van der Waals surface area contributed by atoms with Gasteiger partial charge in [-0.3, -0.25) is 4.79 Å². The number of rotatable bonds is 2. The standard InChI is InChI=1S/C19H24O4/c20-18(13-6-9-1-2-10(13)5-9)23-17-16-12-4-3-11(7-12)15(16)14-8-21-19(17)22-14/h1-2,9-17,19H,3-8H2/t9-,10+,11+,12-,13-,14?,15?,16?,17+,19?/m0/s1. The monoisotopic (exact) mass is 316 g/mol. The minimum Gasteiger partial charge on any atom is -0.456 e. The SMILES string of the molecule is O=C(O[C@H]1C2OCC(O2)C2C1[C@H]1CC[C@@H]2C1)[C@H]1C[C@H]2C=C[C@@H]1C2. The van der Waals surface area contributed by atoms with E-state index in [1.165, 1.54) is 19.3 Å². The van der Waals surface area contributed by atoms with Crippen LogP contribution in [0.15, 0.2) is 12.2 Å². The van der Waals surface area contributed by atoms with E-state index in [1.54, 1.807) is 0 Å². The van der Waals surface area contributed by atoms with E-state index in [4.69, 9.17) is 14.2 Å². The maximum atomic E-state index is 12.8. The van der Waals surface area contributed by atoms with Crippen molar-refractivity contribution in [1.29, 1.82) is 0 Å². The fourth-order valence-electron chi connectivity index (χ4n) is 6.82. The zero-order valence-corrected chi connectivity index (χ0v) is 13.3. The van der Waals surface area contributed by atoms with Crippen LogP contribution in [0.5, 0.6) is 0 Å². The summed E-state index contributed by atoms with van der Waals surface area (Å²) in [4.78, 5) is 12.8. The van der Waals surface area contributed by atoms with Crippen molar-refractivity contribution in [3.63, 3.8) is 0 Å². The summed E-state index contributed by atoms with van der Waals surface area (Å²) in [7, 11) is 0. The lowest BCUT2D eigenvalue weighted by atomic mass is 9.72. The smallest absolute Gasteiger partial charge is 0.310 e. The zero-order valence-electron chi connectivity index (χ0n) is 13.3. The molecule has 0 amide bonds. The van der Waals surface area contributed by atoms with Gasteiger partial charge in [0, 0.05) is 5.92 Å². The molecular weight excluding hydrogens is 292 g/mol. The van der Waals surface area contributed by atoms with E-state index in [0.29, 0.717) is 30.3 Å². The van der Waals surface area contributed by atoms with Gasteiger partial charge in [-0.25, -0.2) is 0 Å². The Kier molecular flexibility index (Phi) is 2.69. The maximum Gasteiger partial charge on any atom is 0.310 e. The normalized spacial score (nSPS) is 57.9. The molecule has 0 aromatic rings. The second-order valence-corrected chi connectivity index (χ2v) is 8.65. The Bertz CT molecular complexity index is 572. The van der Waals surface area contributed by atoms with Crippen LogP contribution in [-0.4, -0.2) is 31.1 Å². The summed E-state index contributed by atoms with van der Waals surface area (Å²) in [5.74, 6) is 3.62. The molecule has 23 heavy (non-hydrogen) atoms. The van der Waals surface area contributed by atoms with E-state index in [0.717, 1.165) is 24.7 Å². The molecule has 10 atom stereocenters. The summed E-state index contributed by atoms with van der Waals surface area (Å²) in [6.45, 7) is 0.694. The van der Waals surface area contributed by atoms with E-state index in [2.05, 4.69) is 12.2 Å². The highest BCUT2D eigenvalue weighted by atomic mass is 16.7. The number of carbonyl (C=O) groups is 1. The van der Waals surface area contributed by atoms with Crippen LogP contribution in [0.1, 0.15) is 32.1 Å². The molecule has 5 fully saturated rings. The molecule has 6 bridgehead atoms. The average Bonchev–Trinajstić information content (AvgIpc) is 3.37. The highest BCUT2D eigenvalue weighted by Crippen LogP contribution is 2.59. The van der Waals surface area contributed by atoms with E-state index in [9.17, 15) is 4.79 Å². The first kappa shape index (κ1) is 13.4. The summed E-state index contributed by atoms with van der Waals surface area (Å²) in [6, 6.07) is 0. The molecule has 3 saturated carbocycles. The molecule has 2 heterocycles. The Hall–Kier alpha value is -0.870. The maximum absolute atomic E-state index is 12.8. The van der Waals surface area contributed by atoms with E-state index >= 15 is 0 Å². The van der Waals surface area contributed by atoms with Gasteiger partial charge in [0.05, 0.1) is 18.6 Å². The van der Waals surface area contributed by atoms with Gasteiger partial charge in [0.2, 0.25) is 0 Å². The molecular formula is C19H24O4. The van der Waals surface area contributed by atoms with Gasteiger partial charge in [-0.05, 0) is 61.7 Å². The third kappa shape index (κ3) is 1.77. The lowest BCUT2D eigenvalue weighted by Gasteiger charge is -2.43. The lowest BCUT2D eigenvalue weighted by Crippen LogP contribution is -2.51. The number of carbonyl (C=O) groups excluding carboxylic acids is 1. The Labute approximate surface area is 136 Å². The van der Waals surface area contributed by atoms with Gasteiger partial charge in [-0.1, -0.05) is 12.2 Å². The van der Waals surface area contributed by atoms with Crippen LogP contribution in [0.3, 0.4) is 0 Å². The summed E-state index contributed by atoms with van der Waals surface area (Å²) in [5, 5.41) is 0. The first-order valence-corrected chi connectivity index (χ1v) is 9.44. The van der Waals surface area contributed by atoms with Crippen LogP contribution in [0.2, 0.25) is 0 Å². The van der Waals surface area contributed by atoms with Gasteiger partial charge in [-0.15, -0.1) is 0 Å². The Morgan fingerprint density at radius 3 is 2.70 bits per heavy atom. The van der Waals surface area contributed by atoms with Crippen LogP contribution >= 0.6 is 0 Å². The lowest BCUT2D eigenvalue weighted by molar-refractivity contribution is -0.222. The molecule has 6 aliphatic rings. The van der Waals surface area contributed by atoms with Crippen LogP contribution in [-0.2, 0) is 19.0 Å². The number of hydrogen-bond donors (Lipinski definition) is 0. The predicted octanol–water partition coefficient (Wildman–Crippen LogP) is 2.53. The van der Waals surface area contributed by atoms with Crippen molar-refractivity contribution in [2.24, 2.45) is 41.4 Å². The summed E-state index contributed by atoms with van der Waals surface area (Å²) >= 11 is 0. The van der Waals surface area contributed by atoms with Gasteiger partial charge in [-0.2, -0.15) is 0 Å². The molecule has 0 aromatic carbocycles. The van der Waals surface area contributed by atoms with Crippen molar-refractivity contribution in [3.05, 3.63) is 12.2 Å². The average molecular weight is 316 g/mol. The third-order valence-electron chi connectivity index (χ3n) is 7.69. The number of hydrogen-bond acceptors (Lipinski definition) is 4. The molecule has 2 saturated heterocycles. The van der Waals surface area contributed by atoms with E-state index < -0.39 is 0 Å². The first-order valence-electron chi connectivity index (χ1n) is 9.44. The molecule has 124 valence electrons. The minimum atomic E-state index is -0.307. The molecule has 2 aliphatic heterocycles. The summed E-state index contributed by atoms with van der Waals surface area (Å²) < 4.78 is 18.1. The highest BCUT2D eigenvalue weighted by Gasteiger charge is 2.62. The summed E-state index contributed by atoms with van der Waals surface area (Å²) in [5.41, 5.74) is 0. The number of allylic oxidation sites excluding steroid dienone is 2. The third-order valence-corrected chi connectivity index (χ3v) is 7.69. The molecule has 0 N–H and O–H groups in total. The summed E-state index contributed by atoms with van der Waals surface area (Å²) in [6.07, 6.45) is 10.3. The van der Waals surface area contributed by atoms with Crippen molar-refractivity contribution in [1.82, 2.24) is 0 Å². The van der Waals surface area contributed by atoms with Gasteiger partial charge >= 0.3 is 5.97 Å². The minimum absolute atomic E-state index is 0.00548. The molecule has 0 spiro atoms. The second kappa shape index (κ2) is 4.60. The fraction of sp³-hybridized carbons (Fsp3) is 0.842. The van der Waals surface area contributed by atoms with Crippen molar-refractivity contribution in [2.45, 2.75) is 50.6 Å². The molecule has 4 unspecified atom stereocenters. The fourth-order valence-corrected chi connectivity index (χ4v) is 6.82. The quantitative estimate of drug-likeness (QED) is 0.580. The van der Waals surface area contributed by atoms with E-state index in [1.807, 2.05) is 0 Å². The van der Waals surface area contributed by atoms with Crippen molar-refractivity contribution in [3.8, 4) is 0 Å². The number of ether oxygens (including phenoxy) is 3. The molecule has 0 aromatic heterocycles. The predicted molar refractivity (Wildman–Crippen MR) is 81.1 cm³/mol. The van der Waals surface area contributed by atoms with E-state index in [-0.39, 0.29) is 30.4 Å². The Morgan fingerprint density at radius 2 is 1.91 bits per heavy atom. The van der Waals surface area contributed by atoms with Crippen molar-refractivity contribution >= 4 is 5.97 Å². The molecule has 4 nitrogen and oxygen atoms in total. The molecule has 4 aliphatic carbocycles.